The van der Waals surface area contributed by atoms with Crippen LogP contribution >= 0.6 is 11.5 Å². The van der Waals surface area contributed by atoms with Crippen LogP contribution < -0.4 is 21.5 Å². The molecule has 10 nitrogen and oxygen atoms in total. The van der Waals surface area contributed by atoms with Crippen LogP contribution in [-0.4, -0.2) is 41.9 Å². The zero-order chi connectivity index (χ0) is 22.4. The summed E-state index contributed by atoms with van der Waals surface area (Å²) in [4.78, 5) is 7.83. The molecule has 0 radical (unpaired) electrons. The first kappa shape index (κ1) is 23.9. The van der Waals surface area contributed by atoms with Gasteiger partial charge in [-0.2, -0.15) is 9.64 Å². The Kier molecular flexibility index (Phi) is 8.08. The zero-order valence-electron chi connectivity index (χ0n) is 17.3. The molecule has 30 heavy (non-hydrogen) atoms. The van der Waals surface area contributed by atoms with E-state index < -0.39 is 10.0 Å². The molecular formula is C18H28N8O2S2. The molecule has 0 bridgehead atoms. The van der Waals surface area contributed by atoms with Crippen molar-refractivity contribution in [3.63, 3.8) is 0 Å². The molecule has 0 aliphatic carbocycles. The van der Waals surface area contributed by atoms with Crippen molar-refractivity contribution in [2.24, 2.45) is 22.8 Å². The largest absolute Gasteiger partial charge is 0.369 e. The summed E-state index contributed by atoms with van der Waals surface area (Å²) < 4.78 is 31.0. The Morgan fingerprint density at radius 1 is 1.37 bits per heavy atom. The highest BCUT2D eigenvalue weighted by atomic mass is 32.2. The van der Waals surface area contributed by atoms with Gasteiger partial charge in [-0.1, -0.05) is 13.8 Å². The monoisotopic (exact) mass is 452 g/mol. The maximum Gasteiger partial charge on any atom is 0.265 e. The summed E-state index contributed by atoms with van der Waals surface area (Å²) in [5.74, 6) is 0.442. The third kappa shape index (κ3) is 6.60. The number of sulfonamides is 1. The highest BCUT2D eigenvalue weighted by Crippen LogP contribution is 2.30. The SMILES string of the molecule is CC(N)C(CNc1ncc(S(=O)(=O)Nc2ncns2)cc1C#N)CC(C)(C)CCN. The molecule has 2 rings (SSSR count). The Morgan fingerprint density at radius 3 is 2.67 bits per heavy atom. The van der Waals surface area contributed by atoms with E-state index >= 15 is 0 Å². The number of hydrogen-bond acceptors (Lipinski definition) is 10. The van der Waals surface area contributed by atoms with Crippen molar-refractivity contribution in [1.82, 2.24) is 14.3 Å². The molecule has 2 atom stereocenters. The van der Waals surface area contributed by atoms with E-state index in [1.165, 1.54) is 18.6 Å². The second kappa shape index (κ2) is 10.1. The minimum atomic E-state index is -3.92. The fraction of sp³-hybridized carbons (Fsp3) is 0.556. The lowest BCUT2D eigenvalue weighted by molar-refractivity contribution is 0.239. The van der Waals surface area contributed by atoms with Gasteiger partial charge < -0.3 is 16.8 Å². The van der Waals surface area contributed by atoms with Gasteiger partial charge in [0.15, 0.2) is 0 Å². The van der Waals surface area contributed by atoms with E-state index in [1.807, 2.05) is 13.0 Å². The van der Waals surface area contributed by atoms with Crippen LogP contribution in [0.2, 0.25) is 0 Å². The van der Waals surface area contributed by atoms with Gasteiger partial charge in [-0.25, -0.2) is 18.4 Å². The van der Waals surface area contributed by atoms with Gasteiger partial charge in [-0.15, -0.1) is 0 Å². The number of rotatable bonds is 11. The molecule has 0 saturated carbocycles. The minimum Gasteiger partial charge on any atom is -0.369 e. The van der Waals surface area contributed by atoms with Gasteiger partial charge in [-0.05, 0) is 43.7 Å². The molecule has 2 unspecified atom stereocenters. The van der Waals surface area contributed by atoms with Crippen LogP contribution in [0.25, 0.3) is 0 Å². The van der Waals surface area contributed by atoms with E-state index in [0.717, 1.165) is 24.4 Å². The Morgan fingerprint density at radius 2 is 2.10 bits per heavy atom. The summed E-state index contributed by atoms with van der Waals surface area (Å²) in [7, 11) is -3.92. The van der Waals surface area contributed by atoms with Crippen molar-refractivity contribution in [2.75, 3.05) is 23.1 Å². The first-order chi connectivity index (χ1) is 14.1. The van der Waals surface area contributed by atoms with Crippen molar-refractivity contribution >= 4 is 32.5 Å². The van der Waals surface area contributed by atoms with Crippen molar-refractivity contribution in [3.05, 3.63) is 24.2 Å². The highest BCUT2D eigenvalue weighted by Gasteiger charge is 2.26. The summed E-state index contributed by atoms with van der Waals surface area (Å²) in [5, 5.41) is 12.8. The fourth-order valence-corrected chi connectivity index (χ4v) is 4.72. The average Bonchev–Trinajstić information content (AvgIpc) is 3.16. The molecule has 2 aromatic rings. The summed E-state index contributed by atoms with van der Waals surface area (Å²) in [5.41, 5.74) is 12.0. The molecule has 0 fully saturated rings. The molecule has 2 aromatic heterocycles. The van der Waals surface area contributed by atoms with Gasteiger partial charge in [0.05, 0.1) is 5.56 Å². The number of hydrogen-bond donors (Lipinski definition) is 4. The van der Waals surface area contributed by atoms with Gasteiger partial charge in [-0.3, -0.25) is 4.72 Å². The third-order valence-electron chi connectivity index (χ3n) is 4.79. The zero-order valence-corrected chi connectivity index (χ0v) is 18.9. The summed E-state index contributed by atoms with van der Waals surface area (Å²) >= 11 is 0.911. The van der Waals surface area contributed by atoms with Crippen LogP contribution in [0.4, 0.5) is 10.9 Å². The lowest BCUT2D eigenvalue weighted by Crippen LogP contribution is -2.36. The van der Waals surface area contributed by atoms with Crippen molar-refractivity contribution < 1.29 is 8.42 Å². The highest BCUT2D eigenvalue weighted by molar-refractivity contribution is 7.93. The second-order valence-electron chi connectivity index (χ2n) is 7.94. The van der Waals surface area contributed by atoms with Gasteiger partial charge in [0.1, 0.15) is 23.1 Å². The van der Waals surface area contributed by atoms with E-state index in [9.17, 15) is 13.7 Å². The van der Waals surface area contributed by atoms with Crippen LogP contribution in [0, 0.1) is 22.7 Å². The number of pyridine rings is 1. The molecule has 0 amide bonds. The van der Waals surface area contributed by atoms with E-state index in [2.05, 4.69) is 38.2 Å². The Balaban J connectivity index is 2.15. The third-order valence-corrected chi connectivity index (χ3v) is 6.80. The molecule has 0 aliphatic rings. The second-order valence-corrected chi connectivity index (χ2v) is 10.4. The molecule has 12 heteroatoms. The topological polar surface area (TPSA) is 173 Å². The minimum absolute atomic E-state index is 0.0362. The molecular weight excluding hydrogens is 424 g/mol. The smallest absolute Gasteiger partial charge is 0.265 e. The number of anilines is 2. The molecule has 164 valence electrons. The fourth-order valence-electron chi connectivity index (χ4n) is 3.08. The first-order valence-electron chi connectivity index (χ1n) is 9.47. The normalized spacial score (nSPS) is 14.0. The molecule has 2 heterocycles. The Bertz CT molecular complexity index is 969. The van der Waals surface area contributed by atoms with Gasteiger partial charge in [0.2, 0.25) is 5.13 Å². The number of nitrogens with one attached hydrogen (secondary N) is 2. The quantitative estimate of drug-likeness (QED) is 0.396. The molecule has 0 aliphatic heterocycles. The number of nitriles is 1. The van der Waals surface area contributed by atoms with Crippen LogP contribution in [-0.2, 0) is 10.0 Å². The lowest BCUT2D eigenvalue weighted by atomic mass is 9.78. The summed E-state index contributed by atoms with van der Waals surface area (Å²) in [6.45, 7) is 7.35. The van der Waals surface area contributed by atoms with Crippen molar-refractivity contribution in [1.29, 1.82) is 5.26 Å². The van der Waals surface area contributed by atoms with Gasteiger partial charge >= 0.3 is 0 Å². The van der Waals surface area contributed by atoms with E-state index in [-0.39, 0.29) is 33.0 Å². The Labute approximate surface area is 181 Å². The van der Waals surface area contributed by atoms with Crippen LogP contribution in [0.1, 0.15) is 39.2 Å². The van der Waals surface area contributed by atoms with E-state index in [0.29, 0.717) is 18.9 Å². The average molecular weight is 453 g/mol. The van der Waals surface area contributed by atoms with E-state index in [1.54, 1.807) is 0 Å². The summed E-state index contributed by atoms with van der Waals surface area (Å²) in [6, 6.07) is 3.20. The van der Waals surface area contributed by atoms with Gasteiger partial charge in [0.25, 0.3) is 10.0 Å². The number of nitrogens with two attached hydrogens (primary N) is 2. The number of aromatic nitrogens is 3. The van der Waals surface area contributed by atoms with Crippen molar-refractivity contribution in [3.8, 4) is 6.07 Å². The van der Waals surface area contributed by atoms with Crippen molar-refractivity contribution in [2.45, 2.75) is 44.6 Å². The maximum absolute atomic E-state index is 12.5. The molecule has 0 aromatic carbocycles. The molecule has 0 saturated heterocycles. The van der Waals surface area contributed by atoms with E-state index in [4.69, 9.17) is 11.5 Å². The summed E-state index contributed by atoms with van der Waals surface area (Å²) in [6.07, 6.45) is 4.19. The maximum atomic E-state index is 12.5. The predicted octanol–water partition coefficient (Wildman–Crippen LogP) is 1.75. The van der Waals surface area contributed by atoms with Crippen LogP contribution in [0.15, 0.2) is 23.5 Å². The predicted molar refractivity (Wildman–Crippen MR) is 117 cm³/mol. The molecule has 6 N–H and O–H groups in total. The lowest BCUT2D eigenvalue weighted by Gasteiger charge is -2.32. The molecule has 0 spiro atoms. The van der Waals surface area contributed by atoms with Crippen LogP contribution in [0.5, 0.6) is 0 Å². The first-order valence-corrected chi connectivity index (χ1v) is 11.7. The standard InChI is InChI=1S/C18H28N8O2S2/c1-12(21)14(7-18(2,3)4-5-19)9-22-16-13(8-20)6-15(10-23-16)30(27,28)26-17-24-11-25-29-17/h6,10-12,14H,4-5,7,9,19,21H2,1-3H3,(H,22,23)(H,24,25,26). The Hall–Kier alpha value is -2.33. The van der Waals surface area contributed by atoms with Gasteiger partial charge in [0, 0.05) is 30.3 Å². The number of nitrogens with zero attached hydrogens (tertiary/aromatic N) is 4. The van der Waals surface area contributed by atoms with Crippen LogP contribution in [0.3, 0.4) is 0 Å².